The Morgan fingerprint density at radius 1 is 1.00 bits per heavy atom. The van der Waals surface area contributed by atoms with Crippen LogP contribution in [0.15, 0.2) is 36.4 Å². The lowest BCUT2D eigenvalue weighted by atomic mass is 9.95. The van der Waals surface area contributed by atoms with Crippen molar-refractivity contribution in [3.63, 3.8) is 0 Å². The number of nitrogens with one attached hydrogen (secondary N) is 2. The van der Waals surface area contributed by atoms with E-state index in [4.69, 9.17) is 11.6 Å². The first-order chi connectivity index (χ1) is 12.3. The van der Waals surface area contributed by atoms with Crippen LogP contribution in [0.4, 0.5) is 18.9 Å². The minimum atomic E-state index is -1.67. The maximum Gasteiger partial charge on any atom is 0.243 e. The number of hydrogen-bond acceptors (Lipinski definition) is 2. The second-order valence-electron chi connectivity index (χ2n) is 6.04. The van der Waals surface area contributed by atoms with Gasteiger partial charge in [-0.1, -0.05) is 23.7 Å². The number of hydrogen-bond donors (Lipinski definition) is 2. The van der Waals surface area contributed by atoms with E-state index in [0.717, 1.165) is 11.6 Å². The molecule has 4 nitrogen and oxygen atoms in total. The number of carbonyl (C=O) groups excluding carboxylic acids is 2. The topological polar surface area (TPSA) is 58.2 Å². The SMILES string of the molecule is O=C(CNC(=O)C1(c2ccc(Cl)cc2)CC1)Nc1ccc(F)c(F)c1F. The smallest absolute Gasteiger partial charge is 0.243 e. The van der Waals surface area contributed by atoms with Crippen LogP contribution in [-0.2, 0) is 15.0 Å². The number of amides is 2. The van der Waals surface area contributed by atoms with Gasteiger partial charge < -0.3 is 10.6 Å². The molecule has 26 heavy (non-hydrogen) atoms. The first kappa shape index (κ1) is 18.3. The molecule has 1 aliphatic rings. The van der Waals surface area contributed by atoms with Crippen molar-refractivity contribution >= 4 is 29.1 Å². The molecule has 1 saturated carbocycles. The summed E-state index contributed by atoms with van der Waals surface area (Å²) in [5.74, 6) is -5.61. The van der Waals surface area contributed by atoms with Gasteiger partial charge in [0.05, 0.1) is 17.6 Å². The predicted molar refractivity (Wildman–Crippen MR) is 90.3 cm³/mol. The fourth-order valence-corrected chi connectivity index (χ4v) is 2.81. The van der Waals surface area contributed by atoms with Crippen LogP contribution in [0.2, 0.25) is 5.02 Å². The van der Waals surface area contributed by atoms with E-state index in [9.17, 15) is 22.8 Å². The molecule has 2 aromatic rings. The van der Waals surface area contributed by atoms with Crippen molar-refractivity contribution in [1.82, 2.24) is 5.32 Å². The molecule has 0 aliphatic heterocycles. The van der Waals surface area contributed by atoms with Gasteiger partial charge in [0.15, 0.2) is 17.5 Å². The lowest BCUT2D eigenvalue weighted by Gasteiger charge is -2.16. The highest BCUT2D eigenvalue weighted by Gasteiger charge is 2.51. The first-order valence-electron chi connectivity index (χ1n) is 7.81. The van der Waals surface area contributed by atoms with Gasteiger partial charge in [0.2, 0.25) is 11.8 Å². The largest absolute Gasteiger partial charge is 0.346 e. The molecule has 0 radical (unpaired) electrons. The Morgan fingerprint density at radius 2 is 1.65 bits per heavy atom. The van der Waals surface area contributed by atoms with Crippen LogP contribution in [0, 0.1) is 17.5 Å². The highest BCUT2D eigenvalue weighted by Crippen LogP contribution is 2.48. The van der Waals surface area contributed by atoms with Crippen molar-refractivity contribution in [3.05, 3.63) is 64.4 Å². The normalized spacial score (nSPS) is 14.6. The summed E-state index contributed by atoms with van der Waals surface area (Å²) in [7, 11) is 0. The second-order valence-corrected chi connectivity index (χ2v) is 6.48. The summed E-state index contributed by atoms with van der Waals surface area (Å²) in [4.78, 5) is 24.3. The Kier molecular flexibility index (Phi) is 4.91. The Morgan fingerprint density at radius 3 is 2.27 bits per heavy atom. The molecule has 0 atom stereocenters. The fourth-order valence-electron chi connectivity index (χ4n) is 2.69. The van der Waals surface area contributed by atoms with E-state index in [1.54, 1.807) is 24.3 Å². The van der Waals surface area contributed by atoms with Gasteiger partial charge in [0.1, 0.15) is 0 Å². The quantitative estimate of drug-likeness (QED) is 0.777. The third-order valence-electron chi connectivity index (χ3n) is 4.30. The lowest BCUT2D eigenvalue weighted by molar-refractivity contribution is -0.126. The average molecular weight is 383 g/mol. The van der Waals surface area contributed by atoms with E-state index >= 15 is 0 Å². The highest BCUT2D eigenvalue weighted by molar-refractivity contribution is 6.30. The van der Waals surface area contributed by atoms with Crippen LogP contribution in [0.25, 0.3) is 0 Å². The molecule has 0 spiro atoms. The van der Waals surface area contributed by atoms with E-state index < -0.39 is 41.0 Å². The lowest BCUT2D eigenvalue weighted by Crippen LogP contribution is -2.39. The zero-order valence-electron chi connectivity index (χ0n) is 13.4. The molecule has 2 N–H and O–H groups in total. The molecule has 8 heteroatoms. The molecule has 0 heterocycles. The van der Waals surface area contributed by atoms with Gasteiger partial charge in [-0.2, -0.15) is 0 Å². The van der Waals surface area contributed by atoms with Gasteiger partial charge in [-0.05, 0) is 42.7 Å². The molecule has 1 aliphatic carbocycles. The molecule has 136 valence electrons. The van der Waals surface area contributed by atoms with Crippen LogP contribution < -0.4 is 10.6 Å². The second kappa shape index (κ2) is 6.99. The van der Waals surface area contributed by atoms with Crippen molar-refractivity contribution in [3.8, 4) is 0 Å². The predicted octanol–water partition coefficient (Wildman–Crippen LogP) is 3.54. The number of halogens is 4. The van der Waals surface area contributed by atoms with Crippen molar-refractivity contribution in [1.29, 1.82) is 0 Å². The number of benzene rings is 2. The third kappa shape index (κ3) is 3.53. The van der Waals surface area contributed by atoms with Crippen LogP contribution in [0.5, 0.6) is 0 Å². The molecular formula is C18H14ClF3N2O2. The van der Waals surface area contributed by atoms with E-state index in [1.807, 2.05) is 0 Å². The third-order valence-corrected chi connectivity index (χ3v) is 4.55. The average Bonchev–Trinajstić information content (AvgIpc) is 3.43. The maximum absolute atomic E-state index is 13.5. The minimum absolute atomic E-state index is 0.333. The standard InChI is InChI=1S/C18H14ClF3N2O2/c19-11-3-1-10(2-4-11)18(7-8-18)17(26)23-9-14(25)24-13-6-5-12(20)15(21)16(13)22/h1-6H,7-9H2,(H,23,26)(H,24,25). The first-order valence-corrected chi connectivity index (χ1v) is 8.19. The molecule has 3 rings (SSSR count). The Labute approximate surface area is 152 Å². The number of carbonyl (C=O) groups is 2. The summed E-state index contributed by atoms with van der Waals surface area (Å²) in [5, 5.41) is 5.14. The van der Waals surface area contributed by atoms with Gasteiger partial charge >= 0.3 is 0 Å². The molecule has 0 saturated heterocycles. The summed E-state index contributed by atoms with van der Waals surface area (Å²) in [6.07, 6.45) is 1.28. The highest BCUT2D eigenvalue weighted by atomic mass is 35.5. The zero-order valence-corrected chi connectivity index (χ0v) is 14.2. The molecule has 0 aromatic heterocycles. The summed E-state index contributed by atoms with van der Waals surface area (Å²) in [5.41, 5.74) is -0.397. The molecule has 2 aromatic carbocycles. The summed E-state index contributed by atoms with van der Waals surface area (Å²) in [6.45, 7) is -0.424. The number of rotatable bonds is 5. The maximum atomic E-state index is 13.5. The molecule has 0 bridgehead atoms. The van der Waals surface area contributed by atoms with Crippen molar-refractivity contribution in [2.24, 2.45) is 0 Å². The minimum Gasteiger partial charge on any atom is -0.346 e. The molecule has 1 fully saturated rings. The van der Waals surface area contributed by atoms with E-state index in [-0.39, 0.29) is 5.91 Å². The molecule has 0 unspecified atom stereocenters. The van der Waals surface area contributed by atoms with Crippen LogP contribution in [0.3, 0.4) is 0 Å². The van der Waals surface area contributed by atoms with E-state index in [1.165, 1.54) is 0 Å². The van der Waals surface area contributed by atoms with Crippen LogP contribution >= 0.6 is 11.6 Å². The Bertz CT molecular complexity index is 867. The monoisotopic (exact) mass is 382 g/mol. The number of anilines is 1. The summed E-state index contributed by atoms with van der Waals surface area (Å²) < 4.78 is 39.6. The molecular weight excluding hydrogens is 369 g/mol. The van der Waals surface area contributed by atoms with Crippen molar-refractivity contribution in [2.45, 2.75) is 18.3 Å². The van der Waals surface area contributed by atoms with Crippen LogP contribution in [-0.4, -0.2) is 18.4 Å². The Balaban J connectivity index is 1.60. The van der Waals surface area contributed by atoms with Gasteiger partial charge in [0.25, 0.3) is 0 Å². The van der Waals surface area contributed by atoms with Gasteiger partial charge in [-0.3, -0.25) is 9.59 Å². The zero-order chi connectivity index (χ0) is 18.9. The van der Waals surface area contributed by atoms with Gasteiger partial charge in [-0.25, -0.2) is 13.2 Å². The van der Waals surface area contributed by atoms with Gasteiger partial charge in [-0.15, -0.1) is 0 Å². The summed E-state index contributed by atoms with van der Waals surface area (Å²) >= 11 is 5.84. The van der Waals surface area contributed by atoms with Gasteiger partial charge in [0, 0.05) is 5.02 Å². The van der Waals surface area contributed by atoms with Crippen molar-refractivity contribution < 1.29 is 22.8 Å². The van der Waals surface area contributed by atoms with E-state index in [2.05, 4.69) is 10.6 Å². The Hall–Kier alpha value is -2.54. The van der Waals surface area contributed by atoms with E-state index in [0.29, 0.717) is 23.9 Å². The molecule has 2 amide bonds. The van der Waals surface area contributed by atoms with Crippen molar-refractivity contribution in [2.75, 3.05) is 11.9 Å². The summed E-state index contributed by atoms with van der Waals surface area (Å²) in [6, 6.07) is 8.48. The van der Waals surface area contributed by atoms with Crippen LogP contribution in [0.1, 0.15) is 18.4 Å². The fraction of sp³-hybridized carbons (Fsp3) is 0.222.